The van der Waals surface area contributed by atoms with E-state index in [4.69, 9.17) is 107 Å². The molecule has 0 spiro atoms. The van der Waals surface area contributed by atoms with Crippen LogP contribution in [-0.2, 0) is 28.4 Å². The topological polar surface area (TPSA) is 339 Å². The van der Waals surface area contributed by atoms with Gasteiger partial charge in [0.2, 0.25) is 0 Å². The van der Waals surface area contributed by atoms with E-state index in [-0.39, 0.29) is 65.9 Å². The molecule has 0 aromatic heterocycles. The summed E-state index contributed by atoms with van der Waals surface area (Å²) in [7, 11) is 0. The van der Waals surface area contributed by atoms with Crippen LogP contribution in [0.1, 0.15) is 35.2 Å². The van der Waals surface area contributed by atoms with Gasteiger partial charge >= 0.3 is 0 Å². The fourth-order valence-electron chi connectivity index (χ4n) is 6.98. The highest BCUT2D eigenvalue weighted by Crippen LogP contribution is 2.19. The molecule has 25 heteroatoms. The first kappa shape index (κ1) is 70.5. The molecule has 3 radical (unpaired) electrons. The number of hydrogen-bond donors (Lipinski definition) is 6. The lowest BCUT2D eigenvalue weighted by Gasteiger charge is -2.19. The highest BCUT2D eigenvalue weighted by Gasteiger charge is 2.14. The summed E-state index contributed by atoms with van der Waals surface area (Å²) in [5.41, 5.74) is 20.2. The summed E-state index contributed by atoms with van der Waals surface area (Å²) < 4.78 is 69.0. The first-order valence-corrected chi connectivity index (χ1v) is 26.2. The number of benzene rings is 6. The molecule has 0 saturated heterocycles. The second-order valence-electron chi connectivity index (χ2n) is 17.3. The first-order chi connectivity index (χ1) is 41.1. The Balaban J connectivity index is 0.000000444. The Hall–Kier alpha value is -9.78. The van der Waals surface area contributed by atoms with E-state index in [0.717, 1.165) is 0 Å². The van der Waals surface area contributed by atoms with Gasteiger partial charge < -0.3 is 89.7 Å². The molecule has 0 saturated carbocycles. The minimum Gasteiger partial charge on any atom is -0.491 e. The molecule has 6 aromatic rings. The maximum absolute atomic E-state index is 8.90. The van der Waals surface area contributed by atoms with Crippen molar-refractivity contribution in [1.29, 1.82) is 10.5 Å². The molecule has 0 aliphatic rings. The minimum absolute atomic E-state index is 0. The van der Waals surface area contributed by atoms with Gasteiger partial charge in [0.15, 0.2) is 23.2 Å². The van der Waals surface area contributed by atoms with Gasteiger partial charge in [0.05, 0.1) is 95.9 Å². The summed E-state index contributed by atoms with van der Waals surface area (Å²) in [6, 6.07) is 45.2. The van der Waals surface area contributed by atoms with Crippen LogP contribution in [0.2, 0.25) is 0 Å². The van der Waals surface area contributed by atoms with Crippen molar-refractivity contribution in [3.63, 3.8) is 0 Å². The van der Waals surface area contributed by atoms with Crippen LogP contribution in [0.25, 0.3) is 4.85 Å². The van der Waals surface area contributed by atoms with Crippen molar-refractivity contribution in [3.8, 4) is 46.6 Å². The van der Waals surface area contributed by atoms with E-state index in [9.17, 15) is 0 Å². The molecule has 0 amide bonds. The van der Waals surface area contributed by atoms with Crippen LogP contribution < -0.4 is 45.6 Å². The van der Waals surface area contributed by atoms with Gasteiger partial charge in [0.1, 0.15) is 86.3 Å². The van der Waals surface area contributed by atoms with E-state index in [1.807, 2.05) is 0 Å². The number of nitrogens with zero attached hydrogens (tertiary/aromatic N) is 6. The molecule has 1 atom stereocenters. The maximum atomic E-state index is 8.90. The number of hydrogen-bond acceptors (Lipinski definition) is 20. The number of nitrogens with two attached hydrogens (primary N) is 3. The normalized spacial score (nSPS) is 11.8. The van der Waals surface area contributed by atoms with Gasteiger partial charge in [-0.15, -0.1) is 0 Å². The van der Waals surface area contributed by atoms with Crippen molar-refractivity contribution in [3.05, 3.63) is 185 Å². The summed E-state index contributed by atoms with van der Waals surface area (Å²) in [5.74, 6) is 3.85. The fourth-order valence-corrected chi connectivity index (χ4v) is 6.98. The van der Waals surface area contributed by atoms with E-state index in [2.05, 4.69) is 32.5 Å². The van der Waals surface area contributed by atoms with Crippen LogP contribution in [0, 0.1) is 29.2 Å². The summed E-state index contributed by atoms with van der Waals surface area (Å²) in [5, 5.41) is 53.0. The summed E-state index contributed by atoms with van der Waals surface area (Å²) >= 11 is 0. The SMILES string of the molecule is C.NC(=NO)c1ccc(OCCOCC(COCCOc2ccc(C(N)=NO)cc2)OCCOc2ccc(C(N)=NO)cc2)cc1.[B].[C-]#[N+]c1ccc(OCCOCC(COCCOc2ccc(C#N)cc2)OCCOc2ccc(C#N)cc2)cc1. The van der Waals surface area contributed by atoms with Crippen LogP contribution in [0.4, 0.5) is 5.69 Å². The third-order valence-corrected chi connectivity index (χ3v) is 11.3. The summed E-state index contributed by atoms with van der Waals surface area (Å²) in [6.07, 6.45) is -0.723. The van der Waals surface area contributed by atoms with E-state index in [0.29, 0.717) is 147 Å². The molecule has 86 heavy (non-hydrogen) atoms. The van der Waals surface area contributed by atoms with Gasteiger partial charge in [-0.2, -0.15) is 10.5 Å². The summed E-state index contributed by atoms with van der Waals surface area (Å²) in [6.45, 7) is 11.9. The highest BCUT2D eigenvalue weighted by atomic mass is 16.6. The van der Waals surface area contributed by atoms with Crippen molar-refractivity contribution in [2.75, 3.05) is 106 Å². The zero-order valence-corrected chi connectivity index (χ0v) is 46.6. The van der Waals surface area contributed by atoms with Crippen molar-refractivity contribution in [2.45, 2.75) is 19.6 Å². The van der Waals surface area contributed by atoms with Crippen molar-refractivity contribution < 1.29 is 72.5 Å². The van der Waals surface area contributed by atoms with E-state index in [1.54, 1.807) is 146 Å². The van der Waals surface area contributed by atoms with Gasteiger partial charge in [0, 0.05) is 25.1 Å². The molecule has 0 heterocycles. The van der Waals surface area contributed by atoms with E-state index < -0.39 is 6.10 Å². The molecule has 6 rings (SSSR count). The predicted octanol–water partition coefficient (Wildman–Crippen LogP) is 7.12. The van der Waals surface area contributed by atoms with Crippen molar-refractivity contribution in [1.82, 2.24) is 0 Å². The molecule has 0 fully saturated rings. The zero-order chi connectivity index (χ0) is 59.8. The number of oxime groups is 3. The molecule has 0 bridgehead atoms. The molecule has 453 valence electrons. The average molecular weight is 1180 g/mol. The Labute approximate surface area is 502 Å². The van der Waals surface area contributed by atoms with Gasteiger partial charge in [-0.25, -0.2) is 4.85 Å². The van der Waals surface area contributed by atoms with E-state index in [1.165, 1.54) is 0 Å². The van der Waals surface area contributed by atoms with Gasteiger partial charge in [0.25, 0.3) is 0 Å². The van der Waals surface area contributed by atoms with Gasteiger partial charge in [-0.1, -0.05) is 35.0 Å². The Kier molecular flexibility index (Phi) is 34.5. The number of rotatable bonds is 37. The number of nitriles is 2. The number of ether oxygens (including phenoxy) is 12. The molecule has 9 N–H and O–H groups in total. The molecular weight excluding hydrogens is 1110 g/mol. The fraction of sp³-hybridized carbons (Fsp3) is 0.311. The standard InChI is InChI=1S/C30H38N6O9.C30H29N3O6.CH4.B/c31-28(34-37)21-1-7-24(8-2-21)42-15-13-40-19-27(45-18-17-44-26-11-5-23(6-12-26)30(33)36-39)20-41-14-16-43-25-9-3-22(4-10-25)29(32)35-38;1-33-26-6-12-29(13-7-26)37-17-15-35-23-30(39-19-18-38-28-10-4-25(21-32)5-11-28)22-34-14-16-36-27-8-2-24(20-31)3-9-27;;/h1-12,27,37-39H,13-20H2,(H2,31,34)(H2,32,35)(H2,33,36);2-13,30H,14-19,22-23H2;1H4;. The van der Waals surface area contributed by atoms with Crippen LogP contribution >= 0.6 is 0 Å². The van der Waals surface area contributed by atoms with Crippen molar-refractivity contribution in [2.24, 2.45) is 32.7 Å². The largest absolute Gasteiger partial charge is 0.491 e. The van der Waals surface area contributed by atoms with Crippen molar-refractivity contribution >= 4 is 31.6 Å². The number of amidine groups is 3. The van der Waals surface area contributed by atoms with Crippen LogP contribution in [0.15, 0.2) is 161 Å². The smallest absolute Gasteiger partial charge is 0.187 e. The Morgan fingerprint density at radius 2 is 0.628 bits per heavy atom. The molecule has 0 aliphatic carbocycles. The third kappa shape index (κ3) is 27.5. The lowest BCUT2D eigenvalue weighted by molar-refractivity contribution is -0.0703. The first-order valence-electron chi connectivity index (χ1n) is 26.2. The summed E-state index contributed by atoms with van der Waals surface area (Å²) in [4.78, 5) is 3.36. The Morgan fingerprint density at radius 1 is 0.395 bits per heavy atom. The molecular formula is C61H71BN9O15. The maximum Gasteiger partial charge on any atom is 0.187 e. The van der Waals surface area contributed by atoms with Gasteiger partial charge in [-0.05, 0) is 133 Å². The Bertz CT molecular complexity index is 2890. The molecule has 6 aromatic carbocycles. The molecule has 24 nitrogen and oxygen atoms in total. The van der Waals surface area contributed by atoms with E-state index >= 15 is 0 Å². The molecule has 0 aliphatic heterocycles. The molecule has 1 unspecified atom stereocenters. The highest BCUT2D eigenvalue weighted by molar-refractivity contribution is 5.98. The average Bonchev–Trinajstić information content (AvgIpc) is 3.68. The minimum atomic E-state index is -0.392. The lowest BCUT2D eigenvalue weighted by Crippen LogP contribution is -2.29. The third-order valence-electron chi connectivity index (χ3n) is 11.3. The predicted molar refractivity (Wildman–Crippen MR) is 320 cm³/mol. The zero-order valence-electron chi connectivity index (χ0n) is 46.6. The quantitative estimate of drug-likeness (QED) is 0.00430. The second-order valence-corrected chi connectivity index (χ2v) is 17.3. The van der Waals surface area contributed by atoms with Crippen LogP contribution in [-0.4, -0.2) is 159 Å². The second kappa shape index (κ2) is 42.1. The van der Waals surface area contributed by atoms with Gasteiger partial charge in [-0.3, -0.25) is 0 Å². The van der Waals surface area contributed by atoms with Crippen LogP contribution in [0.3, 0.4) is 0 Å². The monoisotopic (exact) mass is 1180 g/mol. The lowest BCUT2D eigenvalue weighted by atomic mass is 10.2. The van der Waals surface area contributed by atoms with Crippen LogP contribution in [0.5, 0.6) is 34.5 Å². The Morgan fingerprint density at radius 3 is 0.860 bits per heavy atom.